The van der Waals surface area contributed by atoms with E-state index in [0.29, 0.717) is 18.2 Å². The quantitative estimate of drug-likeness (QED) is 0.617. The van der Waals surface area contributed by atoms with E-state index in [1.165, 1.54) is 4.90 Å². The van der Waals surface area contributed by atoms with E-state index in [9.17, 15) is 0 Å². The molecule has 2 aromatic rings. The third-order valence-electron chi connectivity index (χ3n) is 2.55. The molecule has 0 unspecified atom stereocenters. The number of thioether (sulfide) groups is 1. The molecule has 0 aliphatic rings. The van der Waals surface area contributed by atoms with Crippen molar-refractivity contribution in [2.45, 2.75) is 29.9 Å². The molecule has 19 heavy (non-hydrogen) atoms. The zero-order valence-electron chi connectivity index (χ0n) is 10.5. The van der Waals surface area contributed by atoms with E-state index in [1.807, 2.05) is 18.2 Å². The van der Waals surface area contributed by atoms with E-state index < -0.39 is 0 Å². The minimum atomic E-state index is 0.705. The van der Waals surface area contributed by atoms with Crippen molar-refractivity contribution in [3.63, 3.8) is 0 Å². The van der Waals surface area contributed by atoms with Gasteiger partial charge in [0.2, 0.25) is 5.89 Å². The third-order valence-corrected chi connectivity index (χ3v) is 4.57. The molecule has 1 heterocycles. The summed E-state index contributed by atoms with van der Waals surface area (Å²) >= 11 is 5.21. The van der Waals surface area contributed by atoms with Crippen LogP contribution in [0.25, 0.3) is 0 Å². The molecule has 0 fully saturated rings. The predicted octanol–water partition coefficient (Wildman–Crippen LogP) is 3.41. The lowest BCUT2D eigenvalue weighted by Crippen LogP contribution is -1.99. The maximum absolute atomic E-state index is 5.45. The molecule has 1 aromatic carbocycles. The lowest BCUT2D eigenvalue weighted by atomic mass is 10.2. The van der Waals surface area contributed by atoms with Gasteiger partial charge < -0.3 is 10.3 Å². The minimum Gasteiger partial charge on any atom is -0.339 e. The average Bonchev–Trinajstić information content (AvgIpc) is 2.86. The molecule has 102 valence electrons. The SMILES string of the molecule is NCCCCc1nc(CSc2ccccc2Br)no1. The molecule has 0 radical (unpaired) electrons. The monoisotopic (exact) mass is 341 g/mol. The summed E-state index contributed by atoms with van der Waals surface area (Å²) in [5.41, 5.74) is 5.45. The molecule has 0 saturated heterocycles. The van der Waals surface area contributed by atoms with Crippen LogP contribution in [-0.4, -0.2) is 16.7 Å². The molecule has 0 amide bonds. The van der Waals surface area contributed by atoms with Gasteiger partial charge in [-0.2, -0.15) is 4.98 Å². The van der Waals surface area contributed by atoms with Gasteiger partial charge in [-0.3, -0.25) is 0 Å². The second-order valence-electron chi connectivity index (χ2n) is 4.07. The topological polar surface area (TPSA) is 64.9 Å². The van der Waals surface area contributed by atoms with E-state index in [1.54, 1.807) is 11.8 Å². The smallest absolute Gasteiger partial charge is 0.226 e. The Labute approximate surface area is 125 Å². The van der Waals surface area contributed by atoms with E-state index in [-0.39, 0.29) is 0 Å². The van der Waals surface area contributed by atoms with E-state index in [2.05, 4.69) is 32.1 Å². The van der Waals surface area contributed by atoms with Crippen molar-refractivity contribution in [2.24, 2.45) is 5.73 Å². The van der Waals surface area contributed by atoms with Crippen LogP contribution in [0.2, 0.25) is 0 Å². The Morgan fingerprint density at radius 1 is 1.26 bits per heavy atom. The summed E-state index contributed by atoms with van der Waals surface area (Å²) in [6.07, 6.45) is 2.79. The van der Waals surface area contributed by atoms with Gasteiger partial charge in [-0.05, 0) is 47.4 Å². The van der Waals surface area contributed by atoms with Gasteiger partial charge in [0, 0.05) is 15.8 Å². The summed E-state index contributed by atoms with van der Waals surface area (Å²) in [6, 6.07) is 8.10. The lowest BCUT2D eigenvalue weighted by molar-refractivity contribution is 0.371. The number of halogens is 1. The number of rotatable bonds is 7. The van der Waals surface area contributed by atoms with Crippen LogP contribution in [0.1, 0.15) is 24.6 Å². The first-order valence-corrected chi connectivity index (χ1v) is 7.96. The van der Waals surface area contributed by atoms with Gasteiger partial charge in [-0.15, -0.1) is 11.8 Å². The highest BCUT2D eigenvalue weighted by molar-refractivity contribution is 9.10. The maximum atomic E-state index is 5.45. The van der Waals surface area contributed by atoms with Gasteiger partial charge >= 0.3 is 0 Å². The van der Waals surface area contributed by atoms with E-state index >= 15 is 0 Å². The highest BCUT2D eigenvalue weighted by Gasteiger charge is 2.07. The Hall–Kier alpha value is -0.850. The van der Waals surface area contributed by atoms with Crippen LogP contribution in [0.15, 0.2) is 38.2 Å². The van der Waals surface area contributed by atoms with E-state index in [4.69, 9.17) is 10.3 Å². The van der Waals surface area contributed by atoms with Crippen molar-refractivity contribution in [1.29, 1.82) is 0 Å². The average molecular weight is 342 g/mol. The predicted molar refractivity (Wildman–Crippen MR) is 80.0 cm³/mol. The summed E-state index contributed by atoms with van der Waals surface area (Å²) in [5, 5.41) is 3.99. The number of benzene rings is 1. The summed E-state index contributed by atoms with van der Waals surface area (Å²) in [4.78, 5) is 5.55. The Balaban J connectivity index is 1.85. The van der Waals surface area contributed by atoms with Crippen LogP contribution in [0, 0.1) is 0 Å². The molecule has 0 atom stereocenters. The molecular formula is C13H16BrN3OS. The van der Waals surface area contributed by atoms with Crippen LogP contribution in [0.4, 0.5) is 0 Å². The third kappa shape index (κ3) is 4.63. The second-order valence-corrected chi connectivity index (χ2v) is 5.94. The molecule has 0 aliphatic heterocycles. The molecule has 0 bridgehead atoms. The molecule has 1 aromatic heterocycles. The van der Waals surface area contributed by atoms with Gasteiger partial charge in [0.15, 0.2) is 5.82 Å². The first-order chi connectivity index (χ1) is 9.29. The van der Waals surface area contributed by atoms with Crippen LogP contribution in [0.5, 0.6) is 0 Å². The fourth-order valence-corrected chi connectivity index (χ4v) is 2.99. The molecule has 0 aliphatic carbocycles. The summed E-state index contributed by atoms with van der Waals surface area (Å²) < 4.78 is 6.29. The number of nitrogens with two attached hydrogens (primary N) is 1. The molecule has 4 nitrogen and oxygen atoms in total. The number of aryl methyl sites for hydroxylation is 1. The highest BCUT2D eigenvalue weighted by Crippen LogP contribution is 2.28. The van der Waals surface area contributed by atoms with Crippen molar-refractivity contribution < 1.29 is 4.52 Å². The largest absolute Gasteiger partial charge is 0.339 e. The Bertz CT molecular complexity index is 518. The molecule has 2 rings (SSSR count). The summed E-state index contributed by atoms with van der Waals surface area (Å²) in [6.45, 7) is 0.707. The van der Waals surface area contributed by atoms with Crippen LogP contribution < -0.4 is 5.73 Å². The van der Waals surface area contributed by atoms with Crippen LogP contribution in [0.3, 0.4) is 0 Å². The number of hydrogen-bond acceptors (Lipinski definition) is 5. The number of nitrogens with zero attached hydrogens (tertiary/aromatic N) is 2. The summed E-state index contributed by atoms with van der Waals surface area (Å²) in [7, 11) is 0. The molecule has 6 heteroatoms. The van der Waals surface area contributed by atoms with Gasteiger partial charge in [-0.1, -0.05) is 17.3 Å². The number of hydrogen-bond donors (Lipinski definition) is 1. The molecule has 2 N–H and O–H groups in total. The Morgan fingerprint density at radius 3 is 2.89 bits per heavy atom. The van der Waals surface area contributed by atoms with Gasteiger partial charge in [0.1, 0.15) is 0 Å². The number of aromatic nitrogens is 2. The zero-order valence-corrected chi connectivity index (χ0v) is 12.9. The standard InChI is InChI=1S/C13H16BrN3OS/c14-10-5-1-2-6-11(10)19-9-12-16-13(18-17-12)7-3-4-8-15/h1-2,5-6H,3-4,7-9,15H2. The lowest BCUT2D eigenvalue weighted by Gasteiger charge is -2.00. The van der Waals surface area contributed by atoms with Crippen LogP contribution in [-0.2, 0) is 12.2 Å². The summed E-state index contributed by atoms with van der Waals surface area (Å²) in [5.74, 6) is 2.16. The highest BCUT2D eigenvalue weighted by atomic mass is 79.9. The van der Waals surface area contributed by atoms with Crippen molar-refractivity contribution in [3.8, 4) is 0 Å². The first kappa shape index (κ1) is 14.6. The zero-order chi connectivity index (χ0) is 13.5. The molecule has 0 saturated carbocycles. The van der Waals surface area contributed by atoms with Crippen molar-refractivity contribution in [3.05, 3.63) is 40.5 Å². The fourth-order valence-electron chi connectivity index (χ4n) is 1.57. The van der Waals surface area contributed by atoms with E-state index in [0.717, 1.165) is 29.6 Å². The van der Waals surface area contributed by atoms with Crippen molar-refractivity contribution >= 4 is 27.7 Å². The van der Waals surface area contributed by atoms with Crippen LogP contribution >= 0.6 is 27.7 Å². The second kappa shape index (κ2) is 7.67. The van der Waals surface area contributed by atoms with Crippen molar-refractivity contribution in [1.82, 2.24) is 10.1 Å². The first-order valence-electron chi connectivity index (χ1n) is 6.18. The van der Waals surface area contributed by atoms with Gasteiger partial charge in [-0.25, -0.2) is 0 Å². The van der Waals surface area contributed by atoms with Crippen molar-refractivity contribution in [2.75, 3.05) is 6.54 Å². The van der Waals surface area contributed by atoms with Gasteiger partial charge in [0.05, 0.1) is 5.75 Å². The normalized spacial score (nSPS) is 10.8. The fraction of sp³-hybridized carbons (Fsp3) is 0.385. The molecule has 0 spiro atoms. The molecular weight excluding hydrogens is 326 g/mol. The maximum Gasteiger partial charge on any atom is 0.226 e. The minimum absolute atomic E-state index is 0.705. The van der Waals surface area contributed by atoms with Gasteiger partial charge in [0.25, 0.3) is 0 Å². The Morgan fingerprint density at radius 2 is 2.11 bits per heavy atom. The number of unbranched alkanes of at least 4 members (excludes halogenated alkanes) is 1. The Kier molecular flexibility index (Phi) is 5.88.